The third-order valence-electron chi connectivity index (χ3n) is 3.97. The first-order valence-electron chi connectivity index (χ1n) is 8.15. The van der Waals surface area contributed by atoms with E-state index < -0.39 is 0 Å². The summed E-state index contributed by atoms with van der Waals surface area (Å²) in [5, 5.41) is 4.28. The number of fused-ring (bicyclic) bond motifs is 1. The van der Waals surface area contributed by atoms with Crippen molar-refractivity contribution in [1.29, 1.82) is 0 Å². The minimum absolute atomic E-state index is 0.140. The molecule has 2 aromatic carbocycles. The van der Waals surface area contributed by atoms with Gasteiger partial charge in [-0.3, -0.25) is 14.2 Å². The second kappa shape index (κ2) is 7.13. The largest absolute Gasteiger partial charge is 0.351 e. The molecule has 0 unspecified atom stereocenters. The van der Waals surface area contributed by atoms with Crippen molar-refractivity contribution < 1.29 is 4.79 Å². The highest BCUT2D eigenvalue weighted by molar-refractivity contribution is 5.96. The maximum absolute atomic E-state index is 12.9. The van der Waals surface area contributed by atoms with E-state index in [1.165, 1.54) is 0 Å². The lowest BCUT2D eigenvalue weighted by Gasteiger charge is -2.14. The number of pyridine rings is 1. The molecule has 1 aromatic heterocycles. The zero-order chi connectivity index (χ0) is 16.9. The van der Waals surface area contributed by atoms with Crippen molar-refractivity contribution in [2.24, 2.45) is 0 Å². The summed E-state index contributed by atoms with van der Waals surface area (Å²) in [6.07, 6.45) is 0.849. The minimum Gasteiger partial charge on any atom is -0.351 e. The van der Waals surface area contributed by atoms with Crippen LogP contribution in [0.3, 0.4) is 0 Å². The zero-order valence-corrected chi connectivity index (χ0v) is 13.7. The molecular weight excluding hydrogens is 300 g/mol. The minimum atomic E-state index is -0.212. The van der Waals surface area contributed by atoms with Gasteiger partial charge in [-0.25, -0.2) is 0 Å². The number of amides is 1. The Balaban J connectivity index is 2.14. The molecule has 24 heavy (non-hydrogen) atoms. The third kappa shape index (κ3) is 3.23. The monoisotopic (exact) mass is 320 g/mol. The summed E-state index contributed by atoms with van der Waals surface area (Å²) >= 11 is 0. The fourth-order valence-electron chi connectivity index (χ4n) is 2.74. The van der Waals surface area contributed by atoms with Crippen LogP contribution in [-0.4, -0.2) is 17.0 Å². The summed E-state index contributed by atoms with van der Waals surface area (Å²) < 4.78 is 1.56. The molecule has 0 atom stereocenters. The molecular formula is C20H20N2O2. The number of carbonyl (C=O) groups is 1. The number of aromatic nitrogens is 1. The highest BCUT2D eigenvalue weighted by Gasteiger charge is 2.15. The fraction of sp³-hybridized carbons (Fsp3) is 0.200. The zero-order valence-electron chi connectivity index (χ0n) is 13.7. The van der Waals surface area contributed by atoms with Gasteiger partial charge in [0, 0.05) is 11.9 Å². The van der Waals surface area contributed by atoms with E-state index in [-0.39, 0.29) is 11.5 Å². The van der Waals surface area contributed by atoms with Crippen LogP contribution in [0, 0.1) is 0 Å². The van der Waals surface area contributed by atoms with Crippen molar-refractivity contribution in [2.75, 3.05) is 6.54 Å². The van der Waals surface area contributed by atoms with E-state index >= 15 is 0 Å². The molecule has 0 aliphatic carbocycles. The lowest BCUT2D eigenvalue weighted by molar-refractivity contribution is 0.0943. The van der Waals surface area contributed by atoms with Gasteiger partial charge >= 0.3 is 0 Å². The van der Waals surface area contributed by atoms with E-state index in [2.05, 4.69) is 5.32 Å². The summed E-state index contributed by atoms with van der Waals surface area (Å²) in [5.74, 6) is -0.212. The van der Waals surface area contributed by atoms with Gasteiger partial charge in [-0.05, 0) is 29.5 Å². The van der Waals surface area contributed by atoms with E-state index in [0.717, 1.165) is 17.4 Å². The standard InChI is InChI=1S/C20H20N2O2/c1-2-12-21-19(23)18-13-16-10-6-7-11-17(16)20(24)22(18)14-15-8-4-3-5-9-15/h3-11,13H,2,12,14H2,1H3,(H,21,23). The molecule has 1 heterocycles. The van der Waals surface area contributed by atoms with Crippen molar-refractivity contribution in [2.45, 2.75) is 19.9 Å². The van der Waals surface area contributed by atoms with Gasteiger partial charge in [0.05, 0.1) is 6.54 Å². The van der Waals surface area contributed by atoms with Crippen LogP contribution in [0.5, 0.6) is 0 Å². The van der Waals surface area contributed by atoms with Crippen LogP contribution in [0.1, 0.15) is 29.4 Å². The molecule has 0 radical (unpaired) electrons. The topological polar surface area (TPSA) is 51.1 Å². The van der Waals surface area contributed by atoms with Crippen LogP contribution in [0.2, 0.25) is 0 Å². The number of rotatable bonds is 5. The molecule has 1 N–H and O–H groups in total. The van der Waals surface area contributed by atoms with Gasteiger partial charge in [0.1, 0.15) is 5.69 Å². The lowest BCUT2D eigenvalue weighted by Crippen LogP contribution is -2.33. The highest BCUT2D eigenvalue weighted by atomic mass is 16.2. The molecule has 3 rings (SSSR count). The van der Waals surface area contributed by atoms with Crippen molar-refractivity contribution in [1.82, 2.24) is 9.88 Å². The predicted octanol–water partition coefficient (Wildman–Crippen LogP) is 3.19. The van der Waals surface area contributed by atoms with E-state index in [9.17, 15) is 9.59 Å². The van der Waals surface area contributed by atoms with Crippen LogP contribution in [0.25, 0.3) is 10.8 Å². The van der Waals surface area contributed by atoms with Crippen LogP contribution in [0.15, 0.2) is 65.5 Å². The molecule has 0 fully saturated rings. The first-order chi connectivity index (χ1) is 11.7. The van der Waals surface area contributed by atoms with Gasteiger partial charge in [-0.15, -0.1) is 0 Å². The Morgan fingerprint density at radius 1 is 1.04 bits per heavy atom. The van der Waals surface area contributed by atoms with Gasteiger partial charge in [-0.2, -0.15) is 0 Å². The first-order valence-corrected chi connectivity index (χ1v) is 8.15. The summed E-state index contributed by atoms with van der Waals surface area (Å²) in [6, 6.07) is 18.9. The highest BCUT2D eigenvalue weighted by Crippen LogP contribution is 2.14. The normalized spacial score (nSPS) is 10.7. The Labute approximate surface area is 140 Å². The van der Waals surface area contributed by atoms with Gasteiger partial charge in [0.15, 0.2) is 0 Å². The van der Waals surface area contributed by atoms with Gasteiger partial charge in [0.25, 0.3) is 11.5 Å². The molecule has 122 valence electrons. The molecule has 0 saturated heterocycles. The second-order valence-electron chi connectivity index (χ2n) is 5.75. The van der Waals surface area contributed by atoms with E-state index in [1.807, 2.05) is 55.5 Å². The molecule has 3 aromatic rings. The Hall–Kier alpha value is -2.88. The van der Waals surface area contributed by atoms with Crippen molar-refractivity contribution in [3.8, 4) is 0 Å². The maximum Gasteiger partial charge on any atom is 0.268 e. The summed E-state index contributed by atoms with van der Waals surface area (Å²) in [5.41, 5.74) is 1.24. The van der Waals surface area contributed by atoms with Crippen molar-refractivity contribution in [3.63, 3.8) is 0 Å². The van der Waals surface area contributed by atoms with Crippen LogP contribution < -0.4 is 10.9 Å². The SMILES string of the molecule is CCCNC(=O)c1cc2ccccc2c(=O)n1Cc1ccccc1. The Morgan fingerprint density at radius 3 is 2.50 bits per heavy atom. The molecule has 0 saturated carbocycles. The smallest absolute Gasteiger partial charge is 0.268 e. The second-order valence-corrected chi connectivity index (χ2v) is 5.75. The van der Waals surface area contributed by atoms with Gasteiger partial charge in [-0.1, -0.05) is 55.5 Å². The lowest BCUT2D eigenvalue weighted by atomic mass is 10.1. The summed E-state index contributed by atoms with van der Waals surface area (Å²) in [4.78, 5) is 25.5. The molecule has 4 heteroatoms. The quantitative estimate of drug-likeness (QED) is 0.785. The molecule has 0 bridgehead atoms. The molecule has 0 spiro atoms. The average Bonchev–Trinajstić information content (AvgIpc) is 2.63. The summed E-state index contributed by atoms with van der Waals surface area (Å²) in [7, 11) is 0. The summed E-state index contributed by atoms with van der Waals surface area (Å²) in [6.45, 7) is 2.96. The maximum atomic E-state index is 12.9. The van der Waals surface area contributed by atoms with Crippen molar-refractivity contribution >= 4 is 16.7 Å². The average molecular weight is 320 g/mol. The fourth-order valence-corrected chi connectivity index (χ4v) is 2.74. The van der Waals surface area contributed by atoms with E-state index in [0.29, 0.717) is 24.2 Å². The Kier molecular flexibility index (Phi) is 4.75. The van der Waals surface area contributed by atoms with Crippen LogP contribution in [0.4, 0.5) is 0 Å². The van der Waals surface area contributed by atoms with E-state index in [4.69, 9.17) is 0 Å². The molecule has 0 aliphatic heterocycles. The number of carbonyl (C=O) groups excluding carboxylic acids is 1. The first kappa shape index (κ1) is 16.0. The number of benzene rings is 2. The van der Waals surface area contributed by atoms with Gasteiger partial charge in [0.2, 0.25) is 0 Å². The number of nitrogens with one attached hydrogen (secondary N) is 1. The predicted molar refractivity (Wildman–Crippen MR) is 96.4 cm³/mol. The van der Waals surface area contributed by atoms with Crippen molar-refractivity contribution in [3.05, 3.63) is 82.3 Å². The molecule has 4 nitrogen and oxygen atoms in total. The van der Waals surface area contributed by atoms with Crippen LogP contribution in [-0.2, 0) is 6.54 Å². The Bertz CT molecular complexity index is 914. The molecule has 0 aliphatic rings. The third-order valence-corrected chi connectivity index (χ3v) is 3.97. The number of nitrogens with zero attached hydrogens (tertiary/aromatic N) is 1. The Morgan fingerprint density at radius 2 is 1.75 bits per heavy atom. The molecule has 1 amide bonds. The van der Waals surface area contributed by atoms with Crippen LogP contribution >= 0.6 is 0 Å². The van der Waals surface area contributed by atoms with Gasteiger partial charge < -0.3 is 5.32 Å². The number of hydrogen-bond acceptors (Lipinski definition) is 2. The van der Waals surface area contributed by atoms with E-state index in [1.54, 1.807) is 16.7 Å². The number of hydrogen-bond donors (Lipinski definition) is 1.